The molecular weight excluding hydrogens is 401 g/mol. The van der Waals surface area contributed by atoms with E-state index >= 15 is 0 Å². The van der Waals surface area contributed by atoms with Crippen LogP contribution in [0.4, 0.5) is 0 Å². The van der Waals surface area contributed by atoms with Gasteiger partial charge in [-0.3, -0.25) is 9.89 Å². The van der Waals surface area contributed by atoms with Gasteiger partial charge < -0.3 is 15.5 Å². The Balaban J connectivity index is 0.00000264. The summed E-state index contributed by atoms with van der Waals surface area (Å²) < 4.78 is 0. The molecule has 2 aliphatic rings. The molecule has 6 heteroatoms. The largest absolute Gasteiger partial charge is 0.357 e. The Morgan fingerprint density at radius 3 is 2.52 bits per heavy atom. The molecule has 0 aromatic rings. The Morgan fingerprint density at radius 2 is 1.96 bits per heavy atom. The second-order valence-electron chi connectivity index (χ2n) is 6.89. The van der Waals surface area contributed by atoms with Gasteiger partial charge in [0, 0.05) is 25.2 Å². The molecule has 0 aromatic heterocycles. The molecule has 0 amide bonds. The summed E-state index contributed by atoms with van der Waals surface area (Å²) in [4.78, 5) is 9.75. The van der Waals surface area contributed by atoms with Gasteiger partial charge in [0.15, 0.2) is 5.96 Å². The SMILES string of the molecule is CCNC(=NCC(C1CC1)N(C)C)NCC1CCCN1CC.I. The number of guanidine groups is 1. The van der Waals surface area contributed by atoms with Crippen molar-refractivity contribution < 1.29 is 0 Å². The molecule has 2 rings (SSSR count). The molecule has 0 aromatic carbocycles. The van der Waals surface area contributed by atoms with E-state index < -0.39 is 0 Å². The molecule has 1 aliphatic heterocycles. The van der Waals surface area contributed by atoms with Crippen LogP contribution in [-0.4, -0.2) is 74.7 Å². The molecule has 0 radical (unpaired) electrons. The molecule has 2 N–H and O–H groups in total. The second-order valence-corrected chi connectivity index (χ2v) is 6.89. The maximum absolute atomic E-state index is 4.84. The van der Waals surface area contributed by atoms with Gasteiger partial charge in [0.05, 0.1) is 6.54 Å². The summed E-state index contributed by atoms with van der Waals surface area (Å²) in [6.07, 6.45) is 5.38. The van der Waals surface area contributed by atoms with E-state index in [1.807, 2.05) is 0 Å². The Hall–Kier alpha value is -0.0800. The average Bonchev–Trinajstić information content (AvgIpc) is 3.22. The van der Waals surface area contributed by atoms with Gasteiger partial charge in [-0.1, -0.05) is 6.92 Å². The van der Waals surface area contributed by atoms with Gasteiger partial charge in [-0.25, -0.2) is 0 Å². The zero-order chi connectivity index (χ0) is 15.9. The van der Waals surface area contributed by atoms with Gasteiger partial charge in [0.1, 0.15) is 0 Å². The lowest BCUT2D eigenvalue weighted by atomic mass is 10.2. The fourth-order valence-corrected chi connectivity index (χ4v) is 3.50. The Labute approximate surface area is 159 Å². The first-order valence-corrected chi connectivity index (χ1v) is 9.08. The summed E-state index contributed by atoms with van der Waals surface area (Å²) in [5.74, 6) is 1.84. The molecule has 136 valence electrons. The number of nitrogens with one attached hydrogen (secondary N) is 2. The van der Waals surface area contributed by atoms with Crippen molar-refractivity contribution in [1.82, 2.24) is 20.4 Å². The number of halogens is 1. The monoisotopic (exact) mass is 437 g/mol. The third-order valence-corrected chi connectivity index (χ3v) is 5.02. The van der Waals surface area contributed by atoms with E-state index in [0.717, 1.165) is 38.1 Å². The number of aliphatic imine (C=N–C) groups is 1. The maximum atomic E-state index is 4.84. The molecule has 5 nitrogen and oxygen atoms in total. The van der Waals surface area contributed by atoms with Gasteiger partial charge in [-0.05, 0) is 65.7 Å². The number of hydrogen-bond donors (Lipinski definition) is 2. The first-order valence-electron chi connectivity index (χ1n) is 9.08. The summed E-state index contributed by atoms with van der Waals surface area (Å²) >= 11 is 0. The van der Waals surface area contributed by atoms with E-state index in [2.05, 4.69) is 48.4 Å². The Morgan fingerprint density at radius 1 is 1.22 bits per heavy atom. The molecule has 0 spiro atoms. The summed E-state index contributed by atoms with van der Waals surface area (Å²) in [5.41, 5.74) is 0. The lowest BCUT2D eigenvalue weighted by Crippen LogP contribution is -2.45. The lowest BCUT2D eigenvalue weighted by Gasteiger charge is -2.25. The standard InChI is InChI=1S/C17H35N5.HI/c1-5-18-17(19-12-15-8-7-11-22(15)6-2)20-13-16(21(3)4)14-9-10-14;/h14-16H,5-13H2,1-4H3,(H2,18,19,20);1H. The van der Waals surface area contributed by atoms with E-state index in [0.29, 0.717) is 12.1 Å². The van der Waals surface area contributed by atoms with Crippen molar-refractivity contribution in [3.05, 3.63) is 0 Å². The number of likely N-dealkylation sites (N-methyl/N-ethyl adjacent to an activating group) is 2. The highest BCUT2D eigenvalue weighted by molar-refractivity contribution is 14.0. The van der Waals surface area contributed by atoms with Crippen LogP contribution in [0.3, 0.4) is 0 Å². The first-order chi connectivity index (χ1) is 10.7. The quantitative estimate of drug-likeness (QED) is 0.346. The van der Waals surface area contributed by atoms with Crippen molar-refractivity contribution in [2.24, 2.45) is 10.9 Å². The minimum absolute atomic E-state index is 0. The van der Waals surface area contributed by atoms with Crippen LogP contribution in [0.15, 0.2) is 4.99 Å². The predicted octanol–water partition coefficient (Wildman–Crippen LogP) is 1.98. The maximum Gasteiger partial charge on any atom is 0.191 e. The normalized spacial score (nSPS) is 23.7. The fraction of sp³-hybridized carbons (Fsp3) is 0.941. The third kappa shape index (κ3) is 6.74. The van der Waals surface area contributed by atoms with E-state index in [-0.39, 0.29) is 24.0 Å². The first kappa shape index (κ1) is 21.0. The van der Waals surface area contributed by atoms with Gasteiger partial charge in [0.25, 0.3) is 0 Å². The number of rotatable bonds is 8. The van der Waals surface area contributed by atoms with E-state index in [1.54, 1.807) is 0 Å². The van der Waals surface area contributed by atoms with Crippen molar-refractivity contribution in [2.45, 2.75) is 51.6 Å². The molecule has 2 fully saturated rings. The molecule has 2 atom stereocenters. The van der Waals surface area contributed by atoms with E-state index in [4.69, 9.17) is 4.99 Å². The van der Waals surface area contributed by atoms with E-state index in [9.17, 15) is 0 Å². The molecular formula is C17H36IN5. The van der Waals surface area contributed by atoms with Crippen LogP contribution in [0.2, 0.25) is 0 Å². The van der Waals surface area contributed by atoms with Gasteiger partial charge in [0.2, 0.25) is 0 Å². The highest BCUT2D eigenvalue weighted by Crippen LogP contribution is 2.34. The van der Waals surface area contributed by atoms with Crippen molar-refractivity contribution in [3.63, 3.8) is 0 Å². The zero-order valence-electron chi connectivity index (χ0n) is 15.3. The molecule has 1 saturated carbocycles. The number of likely N-dealkylation sites (tertiary alicyclic amines) is 1. The third-order valence-electron chi connectivity index (χ3n) is 5.02. The Bertz CT molecular complexity index is 355. The van der Waals surface area contributed by atoms with Crippen LogP contribution in [-0.2, 0) is 0 Å². The van der Waals surface area contributed by atoms with Crippen LogP contribution in [0.5, 0.6) is 0 Å². The number of nitrogens with zero attached hydrogens (tertiary/aromatic N) is 3. The molecule has 1 saturated heterocycles. The molecule has 1 heterocycles. The topological polar surface area (TPSA) is 42.9 Å². The molecule has 2 unspecified atom stereocenters. The van der Waals surface area contributed by atoms with Crippen LogP contribution >= 0.6 is 24.0 Å². The fourth-order valence-electron chi connectivity index (χ4n) is 3.50. The van der Waals surface area contributed by atoms with Crippen LogP contribution in [0.25, 0.3) is 0 Å². The Kier molecular flexibility index (Phi) is 9.77. The van der Waals surface area contributed by atoms with Crippen molar-refractivity contribution in [2.75, 3.05) is 46.8 Å². The molecule has 23 heavy (non-hydrogen) atoms. The minimum Gasteiger partial charge on any atom is -0.357 e. The van der Waals surface area contributed by atoms with Crippen molar-refractivity contribution in [1.29, 1.82) is 0 Å². The number of hydrogen-bond acceptors (Lipinski definition) is 3. The average molecular weight is 437 g/mol. The van der Waals surface area contributed by atoms with E-state index in [1.165, 1.54) is 32.2 Å². The lowest BCUT2D eigenvalue weighted by molar-refractivity contribution is 0.265. The molecule has 0 bridgehead atoms. The van der Waals surface area contributed by atoms with Crippen LogP contribution in [0.1, 0.15) is 39.5 Å². The zero-order valence-corrected chi connectivity index (χ0v) is 17.7. The molecule has 1 aliphatic carbocycles. The van der Waals surface area contributed by atoms with Crippen LogP contribution in [0, 0.1) is 5.92 Å². The van der Waals surface area contributed by atoms with Crippen LogP contribution < -0.4 is 10.6 Å². The van der Waals surface area contributed by atoms with Crippen molar-refractivity contribution >= 4 is 29.9 Å². The van der Waals surface area contributed by atoms with Gasteiger partial charge >= 0.3 is 0 Å². The summed E-state index contributed by atoms with van der Waals surface area (Å²) in [6.45, 7) is 9.63. The van der Waals surface area contributed by atoms with Gasteiger partial charge in [-0.2, -0.15) is 0 Å². The summed E-state index contributed by atoms with van der Waals surface area (Å²) in [5, 5.41) is 6.95. The second kappa shape index (κ2) is 10.7. The van der Waals surface area contributed by atoms with Gasteiger partial charge in [-0.15, -0.1) is 24.0 Å². The highest BCUT2D eigenvalue weighted by Gasteiger charge is 2.32. The summed E-state index contributed by atoms with van der Waals surface area (Å²) in [7, 11) is 4.35. The smallest absolute Gasteiger partial charge is 0.191 e. The summed E-state index contributed by atoms with van der Waals surface area (Å²) in [6, 6.07) is 1.26. The highest BCUT2D eigenvalue weighted by atomic mass is 127. The predicted molar refractivity (Wildman–Crippen MR) is 110 cm³/mol. The van der Waals surface area contributed by atoms with Crippen molar-refractivity contribution in [3.8, 4) is 0 Å². The minimum atomic E-state index is 0.